The smallest absolute Gasteiger partial charge is 0.254 e. The maximum Gasteiger partial charge on any atom is 0.254 e. The molecule has 0 spiro atoms. The van der Waals surface area contributed by atoms with Crippen LogP contribution < -0.4 is 0 Å². The number of rotatable bonds is 5. The van der Waals surface area contributed by atoms with Gasteiger partial charge in [0.15, 0.2) is 0 Å². The summed E-state index contributed by atoms with van der Waals surface area (Å²) in [6.45, 7) is 5.37. The fourth-order valence-electron chi connectivity index (χ4n) is 5.22. The van der Waals surface area contributed by atoms with Gasteiger partial charge in [-0.2, -0.15) is 5.26 Å². The number of carbonyl (C=O) groups is 1. The summed E-state index contributed by atoms with van der Waals surface area (Å²) in [6, 6.07) is 14.3. The molecule has 0 atom stereocenters. The summed E-state index contributed by atoms with van der Waals surface area (Å²) in [7, 11) is 0. The Kier molecular flexibility index (Phi) is 6.19. The normalized spacial score (nSPS) is 16.8. The standard InChI is InChI=1S/C28H30N4O2/c1-3-20-15-24(23-5-4-6-23)26(27-31-30-18(2)34-27)16-25(20)28(33)32-13-11-22(12-14-32)21-9-7-19(17-29)8-10-21/h7-10,15-16,22-23H,3-6,11-14H2,1-2H3. The van der Waals surface area contributed by atoms with E-state index in [4.69, 9.17) is 9.68 Å². The van der Waals surface area contributed by atoms with Crippen LogP contribution in [0.25, 0.3) is 11.5 Å². The minimum Gasteiger partial charge on any atom is -0.421 e. The highest BCUT2D eigenvalue weighted by Crippen LogP contribution is 2.42. The van der Waals surface area contributed by atoms with Crippen LogP contribution in [0.4, 0.5) is 0 Å². The molecule has 174 valence electrons. The lowest BCUT2D eigenvalue weighted by Gasteiger charge is -2.33. The lowest BCUT2D eigenvalue weighted by atomic mass is 9.76. The molecule has 6 nitrogen and oxygen atoms in total. The molecule has 6 heteroatoms. The second-order valence-electron chi connectivity index (χ2n) is 9.50. The van der Waals surface area contributed by atoms with Gasteiger partial charge in [-0.1, -0.05) is 31.5 Å². The van der Waals surface area contributed by atoms with Crippen molar-refractivity contribution in [3.05, 3.63) is 70.1 Å². The fourth-order valence-corrected chi connectivity index (χ4v) is 5.22. The average molecular weight is 455 g/mol. The molecule has 0 radical (unpaired) electrons. The summed E-state index contributed by atoms with van der Waals surface area (Å²) in [5.41, 5.74) is 5.94. The van der Waals surface area contributed by atoms with Crippen molar-refractivity contribution < 1.29 is 9.21 Å². The quantitative estimate of drug-likeness (QED) is 0.489. The zero-order valence-corrected chi connectivity index (χ0v) is 19.9. The highest BCUT2D eigenvalue weighted by molar-refractivity contribution is 5.97. The molecule has 34 heavy (non-hydrogen) atoms. The number of carbonyl (C=O) groups excluding carboxylic acids is 1. The Morgan fingerprint density at radius 1 is 1.09 bits per heavy atom. The Hall–Kier alpha value is -3.46. The first-order valence-corrected chi connectivity index (χ1v) is 12.3. The maximum absolute atomic E-state index is 13.7. The highest BCUT2D eigenvalue weighted by Gasteiger charge is 2.30. The first-order valence-electron chi connectivity index (χ1n) is 12.3. The van der Waals surface area contributed by atoms with Gasteiger partial charge >= 0.3 is 0 Å². The predicted octanol–water partition coefficient (Wildman–Crippen LogP) is 5.77. The van der Waals surface area contributed by atoms with Gasteiger partial charge < -0.3 is 9.32 Å². The van der Waals surface area contributed by atoms with Crippen molar-refractivity contribution in [3.63, 3.8) is 0 Å². The van der Waals surface area contributed by atoms with E-state index in [0.29, 0.717) is 29.2 Å². The van der Waals surface area contributed by atoms with Crippen molar-refractivity contribution in [3.8, 4) is 17.5 Å². The van der Waals surface area contributed by atoms with Crippen LogP contribution in [-0.4, -0.2) is 34.1 Å². The lowest BCUT2D eigenvalue weighted by molar-refractivity contribution is 0.0712. The van der Waals surface area contributed by atoms with Crippen molar-refractivity contribution in [1.82, 2.24) is 15.1 Å². The third kappa shape index (κ3) is 4.23. The van der Waals surface area contributed by atoms with Crippen molar-refractivity contribution in [2.24, 2.45) is 0 Å². The summed E-state index contributed by atoms with van der Waals surface area (Å²) in [5.74, 6) is 2.05. The Morgan fingerprint density at radius 3 is 2.38 bits per heavy atom. The van der Waals surface area contributed by atoms with Crippen LogP contribution >= 0.6 is 0 Å². The van der Waals surface area contributed by atoms with E-state index in [9.17, 15) is 4.79 Å². The minimum absolute atomic E-state index is 0.0905. The molecule has 1 aliphatic carbocycles. The molecule has 2 heterocycles. The van der Waals surface area contributed by atoms with E-state index in [1.54, 1.807) is 6.92 Å². The Morgan fingerprint density at radius 2 is 1.82 bits per heavy atom. The molecule has 0 unspecified atom stereocenters. The maximum atomic E-state index is 13.7. The van der Waals surface area contributed by atoms with E-state index in [1.165, 1.54) is 30.4 Å². The van der Waals surface area contributed by atoms with Gasteiger partial charge in [-0.05, 0) is 78.8 Å². The minimum atomic E-state index is 0.0905. The van der Waals surface area contributed by atoms with E-state index in [1.807, 2.05) is 35.2 Å². The number of nitriles is 1. The van der Waals surface area contributed by atoms with E-state index in [0.717, 1.165) is 49.0 Å². The number of aromatic nitrogens is 2. The lowest BCUT2D eigenvalue weighted by Crippen LogP contribution is -2.38. The topological polar surface area (TPSA) is 83.0 Å². The predicted molar refractivity (Wildman–Crippen MR) is 129 cm³/mol. The number of amides is 1. The average Bonchev–Trinajstić information content (AvgIpc) is 3.28. The van der Waals surface area contributed by atoms with Crippen LogP contribution in [0.1, 0.15) is 89.4 Å². The number of hydrogen-bond donors (Lipinski definition) is 0. The molecule has 1 amide bonds. The van der Waals surface area contributed by atoms with Gasteiger partial charge in [-0.15, -0.1) is 10.2 Å². The van der Waals surface area contributed by atoms with Gasteiger partial charge in [0, 0.05) is 31.1 Å². The van der Waals surface area contributed by atoms with Crippen LogP contribution in [0.5, 0.6) is 0 Å². The molecule has 2 aliphatic rings. The zero-order valence-electron chi connectivity index (χ0n) is 19.9. The number of likely N-dealkylation sites (tertiary alicyclic amines) is 1. The Balaban J connectivity index is 1.39. The number of piperidine rings is 1. The molecule has 1 aliphatic heterocycles. The van der Waals surface area contributed by atoms with E-state index in [-0.39, 0.29) is 5.91 Å². The molecule has 5 rings (SSSR count). The second kappa shape index (κ2) is 9.42. The van der Waals surface area contributed by atoms with Crippen molar-refractivity contribution in [1.29, 1.82) is 5.26 Å². The number of nitrogens with zero attached hydrogens (tertiary/aromatic N) is 4. The third-order valence-electron chi connectivity index (χ3n) is 7.48. The zero-order chi connectivity index (χ0) is 23.7. The van der Waals surface area contributed by atoms with E-state index >= 15 is 0 Å². The third-order valence-corrected chi connectivity index (χ3v) is 7.48. The number of benzene rings is 2. The molecular weight excluding hydrogens is 424 g/mol. The highest BCUT2D eigenvalue weighted by atomic mass is 16.4. The molecule has 1 saturated carbocycles. The Labute approximate surface area is 200 Å². The molecule has 0 bridgehead atoms. The van der Waals surface area contributed by atoms with Gasteiger partial charge in [-0.25, -0.2) is 0 Å². The van der Waals surface area contributed by atoms with E-state index < -0.39 is 0 Å². The van der Waals surface area contributed by atoms with Gasteiger partial charge in [0.25, 0.3) is 5.91 Å². The first kappa shape index (κ1) is 22.3. The largest absolute Gasteiger partial charge is 0.421 e. The summed E-state index contributed by atoms with van der Waals surface area (Å²) >= 11 is 0. The van der Waals surface area contributed by atoms with Crippen molar-refractivity contribution in [2.75, 3.05) is 13.1 Å². The first-order chi connectivity index (χ1) is 16.6. The monoisotopic (exact) mass is 454 g/mol. The van der Waals surface area contributed by atoms with Crippen LogP contribution in [-0.2, 0) is 6.42 Å². The molecule has 2 aromatic carbocycles. The van der Waals surface area contributed by atoms with E-state index in [2.05, 4.69) is 29.3 Å². The van der Waals surface area contributed by atoms with Gasteiger partial charge in [0.1, 0.15) is 0 Å². The Bertz CT molecular complexity index is 1230. The fraction of sp³-hybridized carbons (Fsp3) is 0.429. The molecule has 0 N–H and O–H groups in total. The van der Waals surface area contributed by atoms with Gasteiger partial charge in [0.05, 0.1) is 11.6 Å². The van der Waals surface area contributed by atoms with Crippen LogP contribution in [0.3, 0.4) is 0 Å². The summed E-state index contributed by atoms with van der Waals surface area (Å²) < 4.78 is 5.80. The number of hydrogen-bond acceptors (Lipinski definition) is 5. The van der Waals surface area contributed by atoms with Crippen LogP contribution in [0.2, 0.25) is 0 Å². The van der Waals surface area contributed by atoms with Crippen LogP contribution in [0.15, 0.2) is 40.8 Å². The number of aryl methyl sites for hydroxylation is 2. The van der Waals surface area contributed by atoms with Crippen LogP contribution in [0, 0.1) is 18.3 Å². The molecule has 2 fully saturated rings. The molecular formula is C28H30N4O2. The van der Waals surface area contributed by atoms with Gasteiger partial charge in [-0.3, -0.25) is 4.79 Å². The summed E-state index contributed by atoms with van der Waals surface area (Å²) in [6.07, 6.45) is 6.23. The second-order valence-corrected chi connectivity index (χ2v) is 9.50. The van der Waals surface area contributed by atoms with Crippen molar-refractivity contribution >= 4 is 5.91 Å². The van der Waals surface area contributed by atoms with Gasteiger partial charge in [0.2, 0.25) is 11.8 Å². The molecule has 1 aromatic heterocycles. The summed E-state index contributed by atoms with van der Waals surface area (Å²) in [5, 5.41) is 17.3. The summed E-state index contributed by atoms with van der Waals surface area (Å²) in [4.78, 5) is 15.7. The molecule has 3 aromatic rings. The SMILES string of the molecule is CCc1cc(C2CCC2)c(-c2nnc(C)o2)cc1C(=O)N1CCC(c2ccc(C#N)cc2)CC1. The molecule has 1 saturated heterocycles. The van der Waals surface area contributed by atoms with Crippen molar-refractivity contribution in [2.45, 2.75) is 64.2 Å².